The second kappa shape index (κ2) is 8.89. The number of ether oxygens (including phenoxy) is 2. The number of nitrogens with two attached hydrogens (primary N) is 1. The summed E-state index contributed by atoms with van der Waals surface area (Å²) in [6.45, 7) is 7.26. The van der Waals surface area contributed by atoms with E-state index in [1.807, 2.05) is 19.1 Å². The maximum absolute atomic E-state index is 10.9. The van der Waals surface area contributed by atoms with E-state index in [1.54, 1.807) is 0 Å². The number of amides is 1. The molecule has 118 valence electrons. The Balaban J connectivity index is 2.91. The maximum Gasteiger partial charge on any atom is 0.255 e. The molecule has 0 heterocycles. The molecule has 6 heteroatoms. The zero-order valence-electron chi connectivity index (χ0n) is 12.7. The number of halogens is 1. The summed E-state index contributed by atoms with van der Waals surface area (Å²) in [4.78, 5) is 10.9. The van der Waals surface area contributed by atoms with Gasteiger partial charge in [0.15, 0.2) is 18.1 Å². The molecule has 0 spiro atoms. The fourth-order valence-electron chi connectivity index (χ4n) is 1.71. The number of nitrogens with one attached hydrogen (secondary N) is 1. The molecular weight excluding hydrogens is 336 g/mol. The SMILES string of the molecule is CCOc1cc(CNC(C)CC)cc(Br)c1OCC(N)=O. The molecule has 1 rings (SSSR count). The standard InChI is InChI=1S/C15H23BrN2O3/c1-4-10(3)18-8-11-6-12(16)15(21-9-14(17)19)13(7-11)20-5-2/h6-7,10,18H,4-5,8-9H2,1-3H3,(H2,17,19). The van der Waals surface area contributed by atoms with Crippen molar-refractivity contribution in [2.75, 3.05) is 13.2 Å². The third kappa shape index (κ3) is 5.93. The zero-order chi connectivity index (χ0) is 15.8. The fourth-order valence-corrected chi connectivity index (χ4v) is 2.31. The van der Waals surface area contributed by atoms with Gasteiger partial charge in [-0.15, -0.1) is 0 Å². The Hall–Kier alpha value is -1.27. The Morgan fingerprint density at radius 1 is 1.38 bits per heavy atom. The molecule has 0 aliphatic heterocycles. The highest BCUT2D eigenvalue weighted by Gasteiger charge is 2.13. The smallest absolute Gasteiger partial charge is 0.255 e. The average molecular weight is 359 g/mol. The van der Waals surface area contributed by atoms with E-state index in [2.05, 4.69) is 35.1 Å². The molecule has 3 N–H and O–H groups in total. The Morgan fingerprint density at radius 2 is 2.10 bits per heavy atom. The predicted octanol–water partition coefficient (Wildman–Crippen LogP) is 2.60. The van der Waals surface area contributed by atoms with Crippen molar-refractivity contribution in [2.45, 2.75) is 39.8 Å². The molecule has 0 radical (unpaired) electrons. The lowest BCUT2D eigenvalue weighted by molar-refractivity contribution is -0.119. The molecule has 21 heavy (non-hydrogen) atoms. The number of hydrogen-bond donors (Lipinski definition) is 2. The van der Waals surface area contributed by atoms with E-state index in [4.69, 9.17) is 15.2 Å². The first-order chi connectivity index (χ1) is 9.97. The Labute approximate surface area is 134 Å². The molecule has 0 fully saturated rings. The Bertz CT molecular complexity index is 480. The van der Waals surface area contributed by atoms with Crippen molar-refractivity contribution in [1.29, 1.82) is 0 Å². The topological polar surface area (TPSA) is 73.6 Å². The van der Waals surface area contributed by atoms with Gasteiger partial charge in [0.05, 0.1) is 11.1 Å². The number of primary amides is 1. The van der Waals surface area contributed by atoms with Gasteiger partial charge in [0.1, 0.15) is 0 Å². The molecule has 1 atom stereocenters. The van der Waals surface area contributed by atoms with Crippen LogP contribution in [0.15, 0.2) is 16.6 Å². The summed E-state index contributed by atoms with van der Waals surface area (Å²) in [5, 5.41) is 3.42. The van der Waals surface area contributed by atoms with Crippen LogP contribution in [0.4, 0.5) is 0 Å². The van der Waals surface area contributed by atoms with Crippen molar-refractivity contribution < 1.29 is 14.3 Å². The summed E-state index contributed by atoms with van der Waals surface area (Å²) in [6.07, 6.45) is 1.07. The lowest BCUT2D eigenvalue weighted by Gasteiger charge is -2.16. The zero-order valence-corrected chi connectivity index (χ0v) is 14.3. The van der Waals surface area contributed by atoms with Crippen molar-refractivity contribution in [3.8, 4) is 11.5 Å². The van der Waals surface area contributed by atoms with E-state index in [0.29, 0.717) is 24.1 Å². The van der Waals surface area contributed by atoms with Gasteiger partial charge in [-0.3, -0.25) is 4.79 Å². The first kappa shape index (κ1) is 17.8. The van der Waals surface area contributed by atoms with E-state index in [-0.39, 0.29) is 6.61 Å². The molecule has 5 nitrogen and oxygen atoms in total. The van der Waals surface area contributed by atoms with E-state index >= 15 is 0 Å². The summed E-state index contributed by atoms with van der Waals surface area (Å²) in [7, 11) is 0. The predicted molar refractivity (Wildman–Crippen MR) is 86.6 cm³/mol. The highest BCUT2D eigenvalue weighted by atomic mass is 79.9. The molecule has 0 bridgehead atoms. The van der Waals surface area contributed by atoms with Crippen molar-refractivity contribution in [3.05, 3.63) is 22.2 Å². The quantitative estimate of drug-likeness (QED) is 0.711. The highest BCUT2D eigenvalue weighted by Crippen LogP contribution is 2.37. The molecule has 1 amide bonds. The summed E-state index contributed by atoms with van der Waals surface area (Å²) < 4.78 is 11.8. The molecule has 1 unspecified atom stereocenters. The molecule has 0 aliphatic carbocycles. The second-order valence-corrected chi connectivity index (χ2v) is 5.64. The van der Waals surface area contributed by atoms with Crippen LogP contribution in [0.2, 0.25) is 0 Å². The van der Waals surface area contributed by atoms with Gasteiger partial charge in [-0.2, -0.15) is 0 Å². The van der Waals surface area contributed by atoms with Crippen LogP contribution < -0.4 is 20.5 Å². The number of rotatable bonds is 9. The minimum atomic E-state index is -0.521. The Kier molecular flexibility index (Phi) is 7.53. The third-order valence-electron chi connectivity index (χ3n) is 2.99. The maximum atomic E-state index is 10.9. The average Bonchev–Trinajstić information content (AvgIpc) is 2.43. The van der Waals surface area contributed by atoms with Gasteiger partial charge in [0, 0.05) is 12.6 Å². The largest absolute Gasteiger partial charge is 0.490 e. The van der Waals surface area contributed by atoms with E-state index in [9.17, 15) is 4.79 Å². The molecule has 0 aliphatic rings. The summed E-state index contributed by atoms with van der Waals surface area (Å²) in [5.41, 5.74) is 6.19. The van der Waals surface area contributed by atoms with Crippen LogP contribution in [0.5, 0.6) is 11.5 Å². The van der Waals surface area contributed by atoms with Gasteiger partial charge in [0.2, 0.25) is 0 Å². The van der Waals surface area contributed by atoms with Crippen LogP contribution in [0.3, 0.4) is 0 Å². The number of carbonyl (C=O) groups excluding carboxylic acids is 1. The Morgan fingerprint density at radius 3 is 2.67 bits per heavy atom. The van der Waals surface area contributed by atoms with Crippen LogP contribution in [0.25, 0.3) is 0 Å². The number of carbonyl (C=O) groups is 1. The highest BCUT2D eigenvalue weighted by molar-refractivity contribution is 9.10. The van der Waals surface area contributed by atoms with E-state index in [0.717, 1.165) is 23.0 Å². The van der Waals surface area contributed by atoms with Crippen molar-refractivity contribution >= 4 is 21.8 Å². The first-order valence-corrected chi connectivity index (χ1v) is 7.86. The lowest BCUT2D eigenvalue weighted by Crippen LogP contribution is -2.24. The van der Waals surface area contributed by atoms with Gasteiger partial charge in [-0.25, -0.2) is 0 Å². The summed E-state index contributed by atoms with van der Waals surface area (Å²) in [5.74, 6) is 0.587. The van der Waals surface area contributed by atoms with Gasteiger partial charge in [-0.05, 0) is 53.9 Å². The van der Waals surface area contributed by atoms with Crippen LogP contribution >= 0.6 is 15.9 Å². The van der Waals surface area contributed by atoms with Crippen molar-refractivity contribution in [1.82, 2.24) is 5.32 Å². The second-order valence-electron chi connectivity index (χ2n) is 4.78. The normalized spacial score (nSPS) is 12.0. The van der Waals surface area contributed by atoms with Gasteiger partial charge in [-0.1, -0.05) is 6.92 Å². The molecule has 1 aromatic carbocycles. The number of benzene rings is 1. The van der Waals surface area contributed by atoms with Crippen molar-refractivity contribution in [3.63, 3.8) is 0 Å². The first-order valence-electron chi connectivity index (χ1n) is 7.07. The van der Waals surface area contributed by atoms with Gasteiger partial charge < -0.3 is 20.5 Å². The van der Waals surface area contributed by atoms with Gasteiger partial charge in [0.25, 0.3) is 5.91 Å². The van der Waals surface area contributed by atoms with Crippen molar-refractivity contribution in [2.24, 2.45) is 5.73 Å². The minimum Gasteiger partial charge on any atom is -0.490 e. The fraction of sp³-hybridized carbons (Fsp3) is 0.533. The third-order valence-corrected chi connectivity index (χ3v) is 3.58. The van der Waals surface area contributed by atoms with Crippen LogP contribution in [-0.4, -0.2) is 25.2 Å². The molecule has 0 aromatic heterocycles. The molecule has 0 saturated heterocycles. The molecule has 1 aromatic rings. The summed E-state index contributed by atoms with van der Waals surface area (Å²) in [6, 6.07) is 4.32. The molecule has 0 saturated carbocycles. The van der Waals surface area contributed by atoms with Gasteiger partial charge >= 0.3 is 0 Å². The monoisotopic (exact) mass is 358 g/mol. The van der Waals surface area contributed by atoms with Crippen LogP contribution in [0.1, 0.15) is 32.8 Å². The minimum absolute atomic E-state index is 0.177. The van der Waals surface area contributed by atoms with Crippen LogP contribution in [-0.2, 0) is 11.3 Å². The summed E-state index contributed by atoms with van der Waals surface area (Å²) >= 11 is 3.46. The number of hydrogen-bond acceptors (Lipinski definition) is 4. The molecular formula is C15H23BrN2O3. The lowest BCUT2D eigenvalue weighted by atomic mass is 10.1. The van der Waals surface area contributed by atoms with E-state index < -0.39 is 5.91 Å². The van der Waals surface area contributed by atoms with Crippen LogP contribution in [0, 0.1) is 0 Å². The van der Waals surface area contributed by atoms with E-state index in [1.165, 1.54) is 0 Å².